The van der Waals surface area contributed by atoms with E-state index in [1.807, 2.05) is 0 Å². The molecule has 1 aliphatic heterocycles. The highest BCUT2D eigenvalue weighted by atomic mass is 32.2. The van der Waals surface area contributed by atoms with Crippen LogP contribution in [0.4, 0.5) is 9.18 Å². The van der Waals surface area contributed by atoms with E-state index < -0.39 is 27.5 Å². The van der Waals surface area contributed by atoms with Crippen LogP contribution < -0.4 is 14.8 Å². The van der Waals surface area contributed by atoms with Gasteiger partial charge in [-0.15, -0.1) is 0 Å². The molecule has 1 atom stereocenters. The minimum Gasteiger partial charge on any atom is -0.490 e. The molecule has 3 rings (SSSR count). The van der Waals surface area contributed by atoms with Crippen molar-refractivity contribution in [2.75, 3.05) is 32.0 Å². The third-order valence-electron chi connectivity index (χ3n) is 5.59. The molecule has 11 heteroatoms. The van der Waals surface area contributed by atoms with Crippen molar-refractivity contribution in [2.24, 2.45) is 5.92 Å². The van der Waals surface area contributed by atoms with Crippen LogP contribution in [0.2, 0.25) is 0 Å². The first-order valence-electron chi connectivity index (χ1n) is 10.8. The molecule has 32 heavy (non-hydrogen) atoms. The number of carbonyl (C=O) groups excluding carboxylic acids is 2. The maximum atomic E-state index is 14.0. The quantitative estimate of drug-likeness (QED) is 0.397. The number of halogens is 1. The highest BCUT2D eigenvalue weighted by Gasteiger charge is 2.28. The number of sulfonamides is 1. The van der Waals surface area contributed by atoms with Crippen LogP contribution in [0.15, 0.2) is 18.2 Å². The van der Waals surface area contributed by atoms with Gasteiger partial charge in [0.2, 0.25) is 15.9 Å². The Bertz CT molecular complexity index is 949. The summed E-state index contributed by atoms with van der Waals surface area (Å²) in [5.74, 6) is -0.528. The summed E-state index contributed by atoms with van der Waals surface area (Å²) in [7, 11) is -3.67. The van der Waals surface area contributed by atoms with Crippen molar-refractivity contribution < 1.29 is 32.2 Å². The Morgan fingerprint density at radius 3 is 2.75 bits per heavy atom. The standard InChI is InChI=1S/C21H30FN3O6S/c1-21(28,16-6-7-17(22)18(12-16)31-13-15-4-5-15)14-23-32(29,30)11-3-2-9-25-10-8-19(26)24-20(25)27/h6-7,12,15,23,28H,2-5,8-11,13-14H2,1H3,(H,24,26,27)/t21-/m1/s1. The number of hydrogen-bond donors (Lipinski definition) is 3. The Morgan fingerprint density at radius 1 is 1.31 bits per heavy atom. The van der Waals surface area contributed by atoms with Crippen LogP contribution in [0.3, 0.4) is 0 Å². The zero-order chi connectivity index (χ0) is 23.4. The molecule has 0 unspecified atom stereocenters. The van der Waals surface area contributed by atoms with E-state index in [9.17, 15) is 27.5 Å². The lowest BCUT2D eigenvalue weighted by Crippen LogP contribution is -2.49. The molecule has 1 aromatic carbocycles. The van der Waals surface area contributed by atoms with E-state index in [0.717, 1.165) is 12.8 Å². The topological polar surface area (TPSA) is 125 Å². The second kappa shape index (κ2) is 10.1. The predicted octanol–water partition coefficient (Wildman–Crippen LogP) is 1.46. The summed E-state index contributed by atoms with van der Waals surface area (Å²) in [6, 6.07) is 3.55. The number of amides is 3. The van der Waals surface area contributed by atoms with Gasteiger partial charge in [-0.1, -0.05) is 6.07 Å². The van der Waals surface area contributed by atoms with Gasteiger partial charge in [0.25, 0.3) is 0 Å². The molecule has 9 nitrogen and oxygen atoms in total. The van der Waals surface area contributed by atoms with Gasteiger partial charge >= 0.3 is 6.03 Å². The van der Waals surface area contributed by atoms with Crippen molar-refractivity contribution in [1.82, 2.24) is 14.9 Å². The number of rotatable bonds is 12. The van der Waals surface area contributed by atoms with Crippen LogP contribution in [0.1, 0.15) is 44.6 Å². The third-order valence-corrected chi connectivity index (χ3v) is 7.00. The van der Waals surface area contributed by atoms with Crippen molar-refractivity contribution in [3.8, 4) is 5.75 Å². The Kier molecular flexibility index (Phi) is 7.73. The molecule has 1 saturated carbocycles. The predicted molar refractivity (Wildman–Crippen MR) is 115 cm³/mol. The maximum Gasteiger partial charge on any atom is 0.324 e. The van der Waals surface area contributed by atoms with E-state index in [4.69, 9.17) is 4.74 Å². The van der Waals surface area contributed by atoms with Gasteiger partial charge in [0, 0.05) is 26.1 Å². The molecular formula is C21H30FN3O6S. The number of carbonyl (C=O) groups is 2. The molecule has 1 aliphatic carbocycles. The number of nitrogens with zero attached hydrogens (tertiary/aromatic N) is 1. The molecule has 178 valence electrons. The first-order chi connectivity index (χ1) is 15.1. The smallest absolute Gasteiger partial charge is 0.324 e. The highest BCUT2D eigenvalue weighted by molar-refractivity contribution is 7.89. The van der Waals surface area contributed by atoms with E-state index in [1.54, 1.807) is 0 Å². The second-order valence-corrected chi connectivity index (χ2v) is 10.5. The minimum absolute atomic E-state index is 0.0426. The number of ether oxygens (including phenoxy) is 1. The van der Waals surface area contributed by atoms with Gasteiger partial charge in [0.15, 0.2) is 11.6 Å². The molecule has 0 radical (unpaired) electrons. The Hall–Kier alpha value is -2.24. The molecule has 2 aliphatic rings. The molecule has 0 bridgehead atoms. The number of nitrogens with one attached hydrogen (secondary N) is 2. The van der Waals surface area contributed by atoms with Gasteiger partial charge in [-0.3, -0.25) is 10.1 Å². The fourth-order valence-corrected chi connectivity index (χ4v) is 4.50. The number of imide groups is 1. The number of hydrogen-bond acceptors (Lipinski definition) is 6. The summed E-state index contributed by atoms with van der Waals surface area (Å²) in [5, 5.41) is 13.0. The first-order valence-corrected chi connectivity index (χ1v) is 12.4. The van der Waals surface area contributed by atoms with Crippen LogP contribution >= 0.6 is 0 Å². The maximum absolute atomic E-state index is 14.0. The number of urea groups is 1. The van der Waals surface area contributed by atoms with Gasteiger partial charge < -0.3 is 14.7 Å². The molecule has 2 fully saturated rings. The Balaban J connectivity index is 1.45. The summed E-state index contributed by atoms with van der Waals surface area (Å²) < 4.78 is 46.5. The van der Waals surface area contributed by atoms with Crippen LogP contribution in [-0.2, 0) is 20.4 Å². The lowest BCUT2D eigenvalue weighted by atomic mass is 9.96. The summed E-state index contributed by atoms with van der Waals surface area (Å²) in [6.07, 6.45) is 3.12. The largest absolute Gasteiger partial charge is 0.490 e. The van der Waals surface area contributed by atoms with E-state index in [-0.39, 0.29) is 30.4 Å². The fourth-order valence-electron chi connectivity index (χ4n) is 3.27. The number of aliphatic hydroxyl groups is 1. The van der Waals surface area contributed by atoms with Crippen molar-refractivity contribution >= 4 is 22.0 Å². The molecule has 3 amide bonds. The molecular weight excluding hydrogens is 441 g/mol. The lowest BCUT2D eigenvalue weighted by molar-refractivity contribution is -0.121. The monoisotopic (exact) mass is 471 g/mol. The van der Waals surface area contributed by atoms with Crippen LogP contribution in [0.5, 0.6) is 5.75 Å². The number of unbranched alkanes of at least 4 members (excludes halogenated alkanes) is 1. The average Bonchev–Trinajstić information content (AvgIpc) is 3.55. The fraction of sp³-hybridized carbons (Fsp3) is 0.619. The van der Waals surface area contributed by atoms with E-state index in [1.165, 1.54) is 30.0 Å². The van der Waals surface area contributed by atoms with Crippen LogP contribution in [0.25, 0.3) is 0 Å². The van der Waals surface area contributed by atoms with Gasteiger partial charge in [0.05, 0.1) is 12.4 Å². The third kappa shape index (κ3) is 7.14. The van der Waals surface area contributed by atoms with Gasteiger partial charge in [0.1, 0.15) is 5.60 Å². The molecule has 3 N–H and O–H groups in total. The molecule has 0 aromatic heterocycles. The van der Waals surface area contributed by atoms with Crippen molar-refractivity contribution in [3.05, 3.63) is 29.6 Å². The van der Waals surface area contributed by atoms with Crippen LogP contribution in [-0.4, -0.2) is 62.4 Å². The second-order valence-electron chi connectivity index (χ2n) is 8.61. The van der Waals surface area contributed by atoms with E-state index in [2.05, 4.69) is 10.0 Å². The van der Waals surface area contributed by atoms with Crippen LogP contribution in [0, 0.1) is 11.7 Å². The normalized spacial score (nSPS) is 18.9. The first kappa shape index (κ1) is 24.4. The molecule has 1 heterocycles. The zero-order valence-electron chi connectivity index (χ0n) is 18.1. The van der Waals surface area contributed by atoms with Gasteiger partial charge in [-0.2, -0.15) is 0 Å². The summed E-state index contributed by atoms with van der Waals surface area (Å²) >= 11 is 0. The SMILES string of the molecule is C[C@@](O)(CNS(=O)(=O)CCCCN1CCC(=O)NC1=O)c1ccc(F)c(OCC2CC2)c1. The Morgan fingerprint density at radius 2 is 2.06 bits per heavy atom. The van der Waals surface area contributed by atoms with Crippen molar-refractivity contribution in [1.29, 1.82) is 0 Å². The minimum atomic E-state index is -3.67. The summed E-state index contributed by atoms with van der Waals surface area (Å²) in [6.45, 7) is 2.27. The zero-order valence-corrected chi connectivity index (χ0v) is 18.9. The number of benzene rings is 1. The molecule has 0 spiro atoms. The average molecular weight is 472 g/mol. The van der Waals surface area contributed by atoms with Gasteiger partial charge in [-0.25, -0.2) is 22.3 Å². The Labute approximate surface area is 187 Å². The van der Waals surface area contributed by atoms with Crippen molar-refractivity contribution in [3.63, 3.8) is 0 Å². The highest BCUT2D eigenvalue weighted by Crippen LogP contribution is 2.31. The van der Waals surface area contributed by atoms with Gasteiger partial charge in [-0.05, 0) is 56.2 Å². The van der Waals surface area contributed by atoms with E-state index >= 15 is 0 Å². The summed E-state index contributed by atoms with van der Waals surface area (Å²) in [5.41, 5.74) is -1.21. The lowest BCUT2D eigenvalue weighted by Gasteiger charge is -2.26. The summed E-state index contributed by atoms with van der Waals surface area (Å²) in [4.78, 5) is 24.3. The van der Waals surface area contributed by atoms with Crippen molar-refractivity contribution in [2.45, 2.75) is 44.6 Å². The molecule has 1 saturated heterocycles. The molecule has 1 aromatic rings. The van der Waals surface area contributed by atoms with E-state index in [0.29, 0.717) is 44.0 Å².